The first-order valence-corrected chi connectivity index (χ1v) is 9.81. The quantitative estimate of drug-likeness (QED) is 0.465. The van der Waals surface area contributed by atoms with Crippen LogP contribution in [-0.2, 0) is 11.0 Å². The maximum absolute atomic E-state index is 12.9. The second-order valence-corrected chi connectivity index (χ2v) is 7.33. The molecular weight excluding hydrogens is 419 g/mol. The Morgan fingerprint density at radius 1 is 0.844 bits per heavy atom. The molecule has 5 nitrogen and oxygen atoms in total. The van der Waals surface area contributed by atoms with Crippen LogP contribution in [0.25, 0.3) is 0 Å². The number of anilines is 3. The summed E-state index contributed by atoms with van der Waals surface area (Å²) < 4.78 is 38.6. The fraction of sp³-hybridized carbons (Fsp3) is 0.167. The molecule has 0 aliphatic carbocycles. The molecule has 0 aliphatic heterocycles. The molecule has 0 fully saturated rings. The largest absolute Gasteiger partial charge is 0.416 e. The molecule has 8 heteroatoms. The van der Waals surface area contributed by atoms with Crippen LogP contribution in [0.3, 0.4) is 0 Å². The molecule has 0 heterocycles. The van der Waals surface area contributed by atoms with Gasteiger partial charge in [0.25, 0.3) is 5.91 Å². The van der Waals surface area contributed by atoms with Gasteiger partial charge in [-0.05, 0) is 67.4 Å². The summed E-state index contributed by atoms with van der Waals surface area (Å²) in [6.07, 6.45) is -4.50. The third kappa shape index (κ3) is 6.10. The van der Waals surface area contributed by atoms with Gasteiger partial charge in [-0.15, -0.1) is 0 Å². The Balaban J connectivity index is 1.63. The zero-order chi connectivity index (χ0) is 23.3. The third-order valence-electron chi connectivity index (χ3n) is 4.69. The Kier molecular flexibility index (Phi) is 6.82. The molecule has 2 amide bonds. The van der Waals surface area contributed by atoms with Gasteiger partial charge in [0.15, 0.2) is 0 Å². The number of hydrogen-bond donors (Lipinski definition) is 3. The number of carbonyl (C=O) groups excluding carboxylic acids is 2. The molecule has 166 valence electrons. The molecule has 0 unspecified atom stereocenters. The van der Waals surface area contributed by atoms with E-state index in [1.165, 1.54) is 24.3 Å². The van der Waals surface area contributed by atoms with E-state index in [4.69, 9.17) is 0 Å². The first kappa shape index (κ1) is 22.9. The topological polar surface area (TPSA) is 70.2 Å². The highest BCUT2D eigenvalue weighted by Crippen LogP contribution is 2.30. The molecule has 3 N–H and O–H groups in total. The SMILES string of the molecule is Cc1ccc(C)c(NCC(=O)Nc2cccc(C(=O)Nc3cccc(C(F)(F)F)c3)c2)c1. The molecule has 0 atom stereocenters. The predicted molar refractivity (Wildman–Crippen MR) is 119 cm³/mol. The van der Waals surface area contributed by atoms with E-state index in [0.717, 1.165) is 28.9 Å². The fourth-order valence-electron chi connectivity index (χ4n) is 3.02. The van der Waals surface area contributed by atoms with E-state index < -0.39 is 17.6 Å². The van der Waals surface area contributed by atoms with Crippen molar-refractivity contribution >= 4 is 28.9 Å². The van der Waals surface area contributed by atoms with Gasteiger partial charge in [-0.3, -0.25) is 9.59 Å². The standard InChI is InChI=1S/C24H22F3N3O2/c1-15-9-10-16(2)21(11-15)28-14-22(31)29-19-7-3-5-17(12-19)23(32)30-20-8-4-6-18(13-20)24(25,26)27/h3-13,28H,14H2,1-2H3,(H,29,31)(H,30,32). The summed E-state index contributed by atoms with van der Waals surface area (Å²) in [5, 5.41) is 8.23. The van der Waals surface area contributed by atoms with Crippen molar-refractivity contribution < 1.29 is 22.8 Å². The summed E-state index contributed by atoms with van der Waals surface area (Å²) in [6.45, 7) is 3.93. The van der Waals surface area contributed by atoms with Gasteiger partial charge in [0.05, 0.1) is 12.1 Å². The summed E-state index contributed by atoms with van der Waals surface area (Å²) in [5.74, 6) is -0.893. The number of aryl methyl sites for hydroxylation is 2. The Morgan fingerprint density at radius 3 is 2.25 bits per heavy atom. The van der Waals surface area contributed by atoms with E-state index in [2.05, 4.69) is 16.0 Å². The van der Waals surface area contributed by atoms with Crippen LogP contribution >= 0.6 is 0 Å². The third-order valence-corrected chi connectivity index (χ3v) is 4.69. The van der Waals surface area contributed by atoms with Crippen molar-refractivity contribution in [2.45, 2.75) is 20.0 Å². The van der Waals surface area contributed by atoms with Crippen molar-refractivity contribution in [2.24, 2.45) is 0 Å². The maximum Gasteiger partial charge on any atom is 0.416 e. The van der Waals surface area contributed by atoms with Gasteiger partial charge in [-0.25, -0.2) is 0 Å². The molecule has 0 bridgehead atoms. The molecule has 0 saturated heterocycles. The van der Waals surface area contributed by atoms with E-state index in [1.54, 1.807) is 12.1 Å². The number of carbonyl (C=O) groups is 2. The number of halogens is 3. The van der Waals surface area contributed by atoms with Gasteiger partial charge >= 0.3 is 6.18 Å². The number of amides is 2. The predicted octanol–water partition coefficient (Wildman–Crippen LogP) is 5.63. The summed E-state index contributed by atoms with van der Waals surface area (Å²) in [4.78, 5) is 24.8. The van der Waals surface area contributed by atoms with Crippen molar-refractivity contribution in [3.05, 3.63) is 89.0 Å². The number of benzene rings is 3. The van der Waals surface area contributed by atoms with Crippen LogP contribution in [0.4, 0.5) is 30.2 Å². The minimum Gasteiger partial charge on any atom is -0.376 e. The Morgan fingerprint density at radius 2 is 1.53 bits per heavy atom. The molecular formula is C24H22F3N3O2. The van der Waals surface area contributed by atoms with E-state index in [-0.39, 0.29) is 23.7 Å². The van der Waals surface area contributed by atoms with Crippen LogP contribution in [0.5, 0.6) is 0 Å². The second-order valence-electron chi connectivity index (χ2n) is 7.33. The van der Waals surface area contributed by atoms with Gasteiger partial charge in [0.2, 0.25) is 5.91 Å². The Hall–Kier alpha value is -3.81. The summed E-state index contributed by atoms with van der Waals surface area (Å²) in [5.41, 5.74) is 2.70. The number of nitrogens with one attached hydrogen (secondary N) is 3. The highest BCUT2D eigenvalue weighted by Gasteiger charge is 2.30. The molecule has 3 aromatic rings. The lowest BCUT2D eigenvalue weighted by atomic mass is 10.1. The van der Waals surface area contributed by atoms with Crippen molar-refractivity contribution in [3.63, 3.8) is 0 Å². The number of rotatable bonds is 6. The highest BCUT2D eigenvalue weighted by atomic mass is 19.4. The van der Waals surface area contributed by atoms with Crippen molar-refractivity contribution in [3.8, 4) is 0 Å². The lowest BCUT2D eigenvalue weighted by molar-refractivity contribution is -0.137. The van der Waals surface area contributed by atoms with Crippen LogP contribution in [0, 0.1) is 13.8 Å². The molecule has 0 saturated carbocycles. The van der Waals surface area contributed by atoms with E-state index in [9.17, 15) is 22.8 Å². The minimum absolute atomic E-state index is 0.0250. The molecule has 3 rings (SSSR count). The highest BCUT2D eigenvalue weighted by molar-refractivity contribution is 6.05. The molecule has 0 spiro atoms. The van der Waals surface area contributed by atoms with Gasteiger partial charge in [0.1, 0.15) is 0 Å². The van der Waals surface area contributed by atoms with Gasteiger partial charge < -0.3 is 16.0 Å². The summed E-state index contributed by atoms with van der Waals surface area (Å²) >= 11 is 0. The number of alkyl halides is 3. The summed E-state index contributed by atoms with van der Waals surface area (Å²) in [6, 6.07) is 16.4. The molecule has 32 heavy (non-hydrogen) atoms. The van der Waals surface area contributed by atoms with E-state index in [1.807, 2.05) is 32.0 Å². The van der Waals surface area contributed by atoms with Crippen molar-refractivity contribution in [2.75, 3.05) is 22.5 Å². The Labute approximate surface area is 183 Å². The fourth-order valence-corrected chi connectivity index (χ4v) is 3.02. The zero-order valence-electron chi connectivity index (χ0n) is 17.5. The van der Waals surface area contributed by atoms with Crippen LogP contribution < -0.4 is 16.0 Å². The Bertz CT molecular complexity index is 1140. The molecule has 0 aliphatic rings. The lowest BCUT2D eigenvalue weighted by Gasteiger charge is -2.12. The zero-order valence-corrected chi connectivity index (χ0v) is 17.5. The van der Waals surface area contributed by atoms with Crippen LogP contribution in [0.1, 0.15) is 27.0 Å². The van der Waals surface area contributed by atoms with Crippen molar-refractivity contribution in [1.82, 2.24) is 0 Å². The lowest BCUT2D eigenvalue weighted by Crippen LogP contribution is -2.22. The van der Waals surface area contributed by atoms with Gasteiger partial charge in [0, 0.05) is 22.6 Å². The van der Waals surface area contributed by atoms with Crippen molar-refractivity contribution in [1.29, 1.82) is 0 Å². The first-order chi connectivity index (χ1) is 15.1. The molecule has 0 aromatic heterocycles. The van der Waals surface area contributed by atoms with E-state index in [0.29, 0.717) is 5.69 Å². The maximum atomic E-state index is 12.9. The van der Waals surface area contributed by atoms with Gasteiger partial charge in [-0.1, -0.05) is 24.3 Å². The molecule has 3 aromatic carbocycles. The van der Waals surface area contributed by atoms with Gasteiger partial charge in [-0.2, -0.15) is 13.2 Å². The minimum atomic E-state index is -4.50. The summed E-state index contributed by atoms with van der Waals surface area (Å²) in [7, 11) is 0. The second kappa shape index (κ2) is 9.55. The van der Waals surface area contributed by atoms with Crippen LogP contribution in [-0.4, -0.2) is 18.4 Å². The smallest absolute Gasteiger partial charge is 0.376 e. The van der Waals surface area contributed by atoms with Crippen LogP contribution in [0.2, 0.25) is 0 Å². The van der Waals surface area contributed by atoms with Crippen LogP contribution in [0.15, 0.2) is 66.7 Å². The average molecular weight is 441 g/mol. The molecule has 0 radical (unpaired) electrons. The average Bonchev–Trinajstić information content (AvgIpc) is 2.74. The monoisotopic (exact) mass is 441 g/mol. The number of hydrogen-bond acceptors (Lipinski definition) is 3. The normalized spacial score (nSPS) is 11.0. The van der Waals surface area contributed by atoms with E-state index >= 15 is 0 Å². The first-order valence-electron chi connectivity index (χ1n) is 9.81.